The third kappa shape index (κ3) is 7.38. The van der Waals surface area contributed by atoms with Gasteiger partial charge in [-0.05, 0) is 72.4 Å². The third-order valence-electron chi connectivity index (χ3n) is 8.32. The molecule has 0 saturated carbocycles. The van der Waals surface area contributed by atoms with Gasteiger partial charge in [0.25, 0.3) is 5.56 Å². The molecule has 254 valence electrons. The Morgan fingerprint density at radius 1 is 0.860 bits per heavy atom. The Labute approximate surface area is 294 Å². The summed E-state index contributed by atoms with van der Waals surface area (Å²) >= 11 is 1.28. The van der Waals surface area contributed by atoms with Crippen molar-refractivity contribution in [2.24, 2.45) is 4.99 Å². The summed E-state index contributed by atoms with van der Waals surface area (Å²) in [6, 6.07) is 31.4. The minimum Gasteiger partial charge on any atom is -0.489 e. The monoisotopic (exact) mass is 686 g/mol. The van der Waals surface area contributed by atoms with Crippen LogP contribution in [0.5, 0.6) is 5.75 Å². The molecule has 50 heavy (non-hydrogen) atoms. The highest BCUT2D eigenvalue weighted by Crippen LogP contribution is 2.35. The number of carbonyl (C=O) groups is 2. The van der Waals surface area contributed by atoms with E-state index in [2.05, 4.69) is 13.8 Å². The molecule has 0 radical (unpaired) electrons. The Bertz CT molecular complexity index is 2220. The van der Waals surface area contributed by atoms with E-state index in [-0.39, 0.29) is 18.1 Å². The molecule has 1 aliphatic heterocycles. The number of thiazole rings is 1. The van der Waals surface area contributed by atoms with Crippen LogP contribution in [0.2, 0.25) is 0 Å². The van der Waals surface area contributed by atoms with Gasteiger partial charge in [-0.1, -0.05) is 104 Å². The number of benzene rings is 4. The lowest BCUT2D eigenvalue weighted by Crippen LogP contribution is -2.40. The van der Waals surface area contributed by atoms with E-state index in [1.165, 1.54) is 11.3 Å². The molecular formula is C41H38N2O6S. The molecule has 0 amide bonds. The molecule has 1 aromatic heterocycles. The summed E-state index contributed by atoms with van der Waals surface area (Å²) in [5.41, 5.74) is 5.41. The lowest BCUT2D eigenvalue weighted by atomic mass is 9.91. The van der Waals surface area contributed by atoms with Gasteiger partial charge >= 0.3 is 11.9 Å². The molecule has 1 aliphatic rings. The van der Waals surface area contributed by atoms with Gasteiger partial charge in [0.2, 0.25) is 0 Å². The molecule has 6 rings (SSSR count). The molecule has 8 nitrogen and oxygen atoms in total. The van der Waals surface area contributed by atoms with Crippen LogP contribution in [-0.4, -0.2) is 29.7 Å². The average molecular weight is 687 g/mol. The molecule has 0 aliphatic carbocycles. The summed E-state index contributed by atoms with van der Waals surface area (Å²) in [6.07, 6.45) is 1.82. The number of hydrogen-bond acceptors (Lipinski definition) is 8. The minimum atomic E-state index is -0.742. The van der Waals surface area contributed by atoms with Gasteiger partial charge in [-0.25, -0.2) is 14.6 Å². The number of fused-ring (bicyclic) bond motifs is 1. The quantitative estimate of drug-likeness (QED) is 0.142. The van der Waals surface area contributed by atoms with Crippen LogP contribution in [0.4, 0.5) is 0 Å². The van der Waals surface area contributed by atoms with Crippen LogP contribution in [0.25, 0.3) is 11.8 Å². The van der Waals surface area contributed by atoms with Crippen molar-refractivity contribution in [1.82, 2.24) is 4.57 Å². The molecular weight excluding hydrogens is 649 g/mol. The number of ether oxygens (including phenoxy) is 3. The minimum absolute atomic E-state index is 0.186. The lowest BCUT2D eigenvalue weighted by Gasteiger charge is -2.26. The second-order valence-corrected chi connectivity index (χ2v) is 13.0. The highest BCUT2D eigenvalue weighted by atomic mass is 32.1. The van der Waals surface area contributed by atoms with Crippen molar-refractivity contribution in [3.8, 4) is 5.75 Å². The molecule has 4 aromatic carbocycles. The van der Waals surface area contributed by atoms with Gasteiger partial charge in [-0.2, -0.15) is 0 Å². The maximum atomic E-state index is 14.3. The second-order valence-electron chi connectivity index (χ2n) is 12.0. The molecule has 0 spiro atoms. The van der Waals surface area contributed by atoms with Crippen molar-refractivity contribution in [2.75, 3.05) is 13.2 Å². The predicted molar refractivity (Wildman–Crippen MR) is 195 cm³/mol. The van der Waals surface area contributed by atoms with E-state index in [4.69, 9.17) is 19.2 Å². The summed E-state index contributed by atoms with van der Waals surface area (Å²) in [6.45, 7) is 8.59. The van der Waals surface area contributed by atoms with E-state index >= 15 is 0 Å². The molecule has 0 fully saturated rings. The van der Waals surface area contributed by atoms with Gasteiger partial charge < -0.3 is 14.2 Å². The van der Waals surface area contributed by atoms with Crippen LogP contribution >= 0.6 is 11.3 Å². The highest BCUT2D eigenvalue weighted by Gasteiger charge is 2.35. The number of hydrogen-bond donors (Lipinski definition) is 0. The molecule has 0 N–H and O–H groups in total. The van der Waals surface area contributed by atoms with Crippen LogP contribution < -0.4 is 19.6 Å². The van der Waals surface area contributed by atoms with E-state index in [0.29, 0.717) is 51.0 Å². The zero-order valence-electron chi connectivity index (χ0n) is 28.4. The van der Waals surface area contributed by atoms with E-state index in [1.807, 2.05) is 97.1 Å². The van der Waals surface area contributed by atoms with Gasteiger partial charge in [0.05, 0.1) is 40.6 Å². The fourth-order valence-electron chi connectivity index (χ4n) is 5.78. The Hall–Kier alpha value is -5.54. The summed E-state index contributed by atoms with van der Waals surface area (Å²) < 4.78 is 18.8. The smallest absolute Gasteiger partial charge is 0.338 e. The highest BCUT2D eigenvalue weighted by molar-refractivity contribution is 7.07. The Kier molecular flexibility index (Phi) is 10.5. The maximum absolute atomic E-state index is 14.3. The zero-order chi connectivity index (χ0) is 35.2. The van der Waals surface area contributed by atoms with Gasteiger partial charge in [-0.15, -0.1) is 0 Å². The van der Waals surface area contributed by atoms with Gasteiger partial charge in [0, 0.05) is 5.56 Å². The van der Waals surface area contributed by atoms with Crippen molar-refractivity contribution in [3.05, 3.63) is 162 Å². The molecule has 0 bridgehead atoms. The molecule has 5 aromatic rings. The normalized spacial score (nSPS) is 14.3. The van der Waals surface area contributed by atoms with Crippen LogP contribution in [0.15, 0.2) is 118 Å². The van der Waals surface area contributed by atoms with Crippen molar-refractivity contribution in [1.29, 1.82) is 0 Å². The van der Waals surface area contributed by atoms with E-state index in [0.717, 1.165) is 27.8 Å². The van der Waals surface area contributed by atoms with Gasteiger partial charge in [0.15, 0.2) is 4.80 Å². The standard InChI is InChI=1S/C41H38N2O6S/c1-5-47-39(45)32-17-15-27(16-18-32)25-49-33-14-10-11-28(23-33)24-34-38(44)43-37(31-21-19-29(20-22-31)26(3)4)35(40(46)48-6-2)36(42-41(43)50-34)30-12-8-7-9-13-30/h7-24,26,37H,5-6,25H2,1-4H3/b34-24-/t37-/m0/s1. The van der Waals surface area contributed by atoms with Crippen molar-refractivity contribution in [3.63, 3.8) is 0 Å². The third-order valence-corrected chi connectivity index (χ3v) is 9.30. The number of aromatic nitrogens is 1. The zero-order valence-corrected chi connectivity index (χ0v) is 29.2. The van der Waals surface area contributed by atoms with E-state index in [9.17, 15) is 14.4 Å². The van der Waals surface area contributed by atoms with Crippen LogP contribution in [-0.2, 0) is 20.9 Å². The summed E-state index contributed by atoms with van der Waals surface area (Å²) in [5.74, 6) is 0.0760. The fraction of sp³-hybridized carbons (Fsp3) is 0.220. The van der Waals surface area contributed by atoms with Crippen LogP contribution in [0.3, 0.4) is 0 Å². The first-order valence-electron chi connectivity index (χ1n) is 16.6. The average Bonchev–Trinajstić information content (AvgIpc) is 3.44. The number of rotatable bonds is 11. The first kappa shape index (κ1) is 34.3. The summed E-state index contributed by atoms with van der Waals surface area (Å²) in [7, 11) is 0. The SMILES string of the molecule is CCOC(=O)C1=C(c2ccccc2)N=c2s/c(=C\c3cccc(OCc4ccc(C(=O)OCC)cc4)c3)c(=O)n2[C@H]1c1ccc(C(C)C)cc1. The van der Waals surface area contributed by atoms with Crippen molar-refractivity contribution >= 4 is 35.0 Å². The number of nitrogens with zero attached hydrogens (tertiary/aromatic N) is 2. The molecule has 9 heteroatoms. The number of esters is 2. The Morgan fingerprint density at radius 2 is 1.56 bits per heavy atom. The first-order chi connectivity index (χ1) is 24.3. The molecule has 0 saturated heterocycles. The molecule has 0 unspecified atom stereocenters. The Balaban J connectivity index is 1.39. The lowest BCUT2D eigenvalue weighted by molar-refractivity contribution is -0.138. The van der Waals surface area contributed by atoms with Crippen molar-refractivity contribution < 1.29 is 23.8 Å². The first-order valence-corrected chi connectivity index (χ1v) is 17.5. The summed E-state index contributed by atoms with van der Waals surface area (Å²) in [5, 5.41) is 0. The number of carbonyl (C=O) groups excluding carboxylic acids is 2. The largest absolute Gasteiger partial charge is 0.489 e. The summed E-state index contributed by atoms with van der Waals surface area (Å²) in [4.78, 5) is 45.5. The van der Waals surface area contributed by atoms with Crippen molar-refractivity contribution in [2.45, 2.75) is 46.3 Å². The van der Waals surface area contributed by atoms with Gasteiger partial charge in [0.1, 0.15) is 12.4 Å². The van der Waals surface area contributed by atoms with Gasteiger partial charge in [-0.3, -0.25) is 9.36 Å². The second kappa shape index (κ2) is 15.3. The molecule has 2 heterocycles. The van der Waals surface area contributed by atoms with Crippen LogP contribution in [0, 0.1) is 0 Å². The topological polar surface area (TPSA) is 96.2 Å². The molecule has 1 atom stereocenters. The maximum Gasteiger partial charge on any atom is 0.338 e. The van der Waals surface area contributed by atoms with Crippen LogP contribution in [0.1, 0.15) is 77.8 Å². The Morgan fingerprint density at radius 3 is 2.24 bits per heavy atom. The van der Waals surface area contributed by atoms with E-state index in [1.54, 1.807) is 30.5 Å². The fourth-order valence-corrected chi connectivity index (χ4v) is 6.78. The van der Waals surface area contributed by atoms with E-state index < -0.39 is 12.0 Å². The predicted octanol–water partition coefficient (Wildman–Crippen LogP) is 6.81.